The minimum atomic E-state index is 0.319. The van der Waals surface area contributed by atoms with Crippen LogP contribution in [0.2, 0.25) is 0 Å². The van der Waals surface area contributed by atoms with Gasteiger partial charge in [0.2, 0.25) is 0 Å². The van der Waals surface area contributed by atoms with Gasteiger partial charge in [-0.1, -0.05) is 42.5 Å². The lowest BCUT2D eigenvalue weighted by molar-refractivity contribution is 0.744. The number of pyridine rings is 1. The third kappa shape index (κ3) is 1.63. The zero-order chi connectivity index (χ0) is 13.5. The molecular weight excluding hydrogens is 243 g/mol. The Hall–Kier alpha value is -2.29. The molecule has 0 N–H and O–H groups in total. The highest BCUT2D eigenvalue weighted by Crippen LogP contribution is 2.46. The van der Waals surface area contributed by atoms with E-state index >= 15 is 0 Å². The van der Waals surface area contributed by atoms with Gasteiger partial charge in [0, 0.05) is 23.5 Å². The molecule has 0 fully saturated rings. The molecule has 2 aromatic rings. The van der Waals surface area contributed by atoms with Crippen molar-refractivity contribution < 1.29 is 0 Å². The van der Waals surface area contributed by atoms with E-state index in [1.165, 1.54) is 11.3 Å². The van der Waals surface area contributed by atoms with Gasteiger partial charge >= 0.3 is 0 Å². The van der Waals surface area contributed by atoms with Crippen molar-refractivity contribution in [1.29, 1.82) is 0 Å². The maximum absolute atomic E-state index is 5.84. The lowest BCUT2D eigenvalue weighted by Gasteiger charge is -2.28. The van der Waals surface area contributed by atoms with Gasteiger partial charge in [-0.3, -0.25) is 4.98 Å². The Labute approximate surface area is 119 Å². The van der Waals surface area contributed by atoms with Crippen molar-refractivity contribution >= 4 is 24.8 Å². The van der Waals surface area contributed by atoms with E-state index in [9.17, 15) is 0 Å². The molecule has 1 aromatic heterocycles. The number of nitrogens with zero attached hydrogens (tertiary/aromatic N) is 2. The molecule has 94 valence electrons. The van der Waals surface area contributed by atoms with E-state index in [4.69, 9.17) is 7.85 Å². The van der Waals surface area contributed by atoms with Crippen molar-refractivity contribution in [3.63, 3.8) is 0 Å². The number of rotatable bonds is 1. The van der Waals surface area contributed by atoms with Crippen LogP contribution in [0.3, 0.4) is 0 Å². The molecule has 0 spiro atoms. The van der Waals surface area contributed by atoms with Crippen molar-refractivity contribution in [2.75, 3.05) is 4.90 Å². The quantitative estimate of drug-likeness (QED) is 0.729. The summed E-state index contributed by atoms with van der Waals surface area (Å²) in [5.74, 6) is 0.408. The van der Waals surface area contributed by atoms with Crippen LogP contribution in [-0.4, -0.2) is 18.9 Å². The average Bonchev–Trinajstić information content (AvgIpc) is 2.82. The number of fused-ring (bicyclic) bond motifs is 3. The molecule has 1 aliphatic carbocycles. The van der Waals surface area contributed by atoms with Crippen LogP contribution in [0.4, 0.5) is 11.4 Å². The molecule has 0 amide bonds. The van der Waals surface area contributed by atoms with Crippen LogP contribution < -0.4 is 10.5 Å². The zero-order valence-electron chi connectivity index (χ0n) is 11.0. The van der Waals surface area contributed by atoms with Crippen molar-refractivity contribution in [2.24, 2.45) is 0 Å². The van der Waals surface area contributed by atoms with Crippen LogP contribution in [0, 0.1) is 0 Å². The number of hydrogen-bond acceptors (Lipinski definition) is 2. The van der Waals surface area contributed by atoms with E-state index in [0.717, 1.165) is 5.69 Å². The highest BCUT2D eigenvalue weighted by atomic mass is 15.2. The topological polar surface area (TPSA) is 16.1 Å². The molecule has 0 saturated carbocycles. The van der Waals surface area contributed by atoms with Gasteiger partial charge in [-0.25, -0.2) is 0 Å². The first-order valence-electron chi connectivity index (χ1n) is 6.79. The van der Waals surface area contributed by atoms with Gasteiger partial charge in [0.15, 0.2) is 0 Å². The average molecular weight is 256 g/mol. The van der Waals surface area contributed by atoms with Crippen LogP contribution in [0.25, 0.3) is 0 Å². The Morgan fingerprint density at radius 2 is 1.90 bits per heavy atom. The molecule has 0 bridgehead atoms. The van der Waals surface area contributed by atoms with Gasteiger partial charge in [-0.2, -0.15) is 0 Å². The second-order valence-corrected chi connectivity index (χ2v) is 5.15. The molecule has 2 atom stereocenters. The summed E-state index contributed by atoms with van der Waals surface area (Å²) in [5.41, 5.74) is 4.27. The predicted molar refractivity (Wildman–Crippen MR) is 83.0 cm³/mol. The summed E-state index contributed by atoms with van der Waals surface area (Å²) >= 11 is 0. The smallest absolute Gasteiger partial charge is 0.141 e. The summed E-state index contributed by atoms with van der Waals surface area (Å²) in [7, 11) is 5.84. The number of aromatic nitrogens is 1. The van der Waals surface area contributed by atoms with Crippen LogP contribution in [0.15, 0.2) is 66.9 Å². The maximum Gasteiger partial charge on any atom is 0.141 e. The fourth-order valence-corrected chi connectivity index (χ4v) is 3.18. The van der Waals surface area contributed by atoms with Gasteiger partial charge in [-0.15, -0.1) is 0 Å². The standard InChI is InChI=1S/C17H13BN2/c18-17-11-12(9-10-19-17)20-15-7-3-1-5-13(15)14-6-2-4-8-16(14)20/h1-11,13,15H. The highest BCUT2D eigenvalue weighted by molar-refractivity contribution is 6.30. The van der Waals surface area contributed by atoms with Crippen LogP contribution in [-0.2, 0) is 0 Å². The number of anilines is 2. The normalized spacial score (nSPS) is 22.7. The maximum atomic E-state index is 5.84. The van der Waals surface area contributed by atoms with E-state index in [2.05, 4.69) is 58.5 Å². The highest BCUT2D eigenvalue weighted by Gasteiger charge is 2.36. The Kier molecular flexibility index (Phi) is 2.52. The van der Waals surface area contributed by atoms with Gasteiger partial charge in [-0.05, 0) is 29.4 Å². The summed E-state index contributed by atoms with van der Waals surface area (Å²) in [6.07, 6.45) is 10.5. The molecule has 2 unspecified atom stereocenters. The van der Waals surface area contributed by atoms with Crippen LogP contribution >= 0.6 is 0 Å². The molecule has 3 heteroatoms. The number of para-hydroxylation sites is 1. The third-order valence-electron chi connectivity index (χ3n) is 4.00. The Bertz CT molecular complexity index is 720. The van der Waals surface area contributed by atoms with Crippen molar-refractivity contribution in [3.8, 4) is 0 Å². The first-order chi connectivity index (χ1) is 9.84. The first-order valence-corrected chi connectivity index (χ1v) is 6.79. The molecule has 1 aromatic carbocycles. The van der Waals surface area contributed by atoms with E-state index in [1.807, 2.05) is 12.1 Å². The molecule has 0 saturated heterocycles. The molecule has 20 heavy (non-hydrogen) atoms. The zero-order valence-corrected chi connectivity index (χ0v) is 11.0. The number of benzene rings is 1. The summed E-state index contributed by atoms with van der Waals surface area (Å²) in [4.78, 5) is 6.44. The fourth-order valence-electron chi connectivity index (χ4n) is 3.18. The molecule has 1 aliphatic heterocycles. The van der Waals surface area contributed by atoms with Gasteiger partial charge in [0.25, 0.3) is 0 Å². The summed E-state index contributed by atoms with van der Waals surface area (Å²) < 4.78 is 0. The Balaban J connectivity index is 1.90. The minimum absolute atomic E-state index is 0.319. The fraction of sp³-hybridized carbons (Fsp3) is 0.118. The van der Waals surface area contributed by atoms with Crippen LogP contribution in [0.1, 0.15) is 11.5 Å². The lowest BCUT2D eigenvalue weighted by atomic mass is 9.91. The molecule has 2 radical (unpaired) electrons. The van der Waals surface area contributed by atoms with Gasteiger partial charge in [0.1, 0.15) is 7.85 Å². The largest absolute Gasteiger partial charge is 0.333 e. The molecule has 2 nitrogen and oxygen atoms in total. The Morgan fingerprint density at radius 1 is 1.05 bits per heavy atom. The van der Waals surface area contributed by atoms with Gasteiger partial charge in [0.05, 0.1) is 6.04 Å². The van der Waals surface area contributed by atoms with Crippen molar-refractivity contribution in [2.45, 2.75) is 12.0 Å². The lowest BCUT2D eigenvalue weighted by Crippen LogP contribution is -2.29. The van der Waals surface area contributed by atoms with Crippen LogP contribution in [0.5, 0.6) is 0 Å². The monoisotopic (exact) mass is 256 g/mol. The third-order valence-corrected chi connectivity index (χ3v) is 4.00. The van der Waals surface area contributed by atoms with E-state index in [1.54, 1.807) is 6.20 Å². The van der Waals surface area contributed by atoms with E-state index in [0.29, 0.717) is 17.6 Å². The summed E-state index contributed by atoms with van der Waals surface area (Å²) in [6.45, 7) is 0. The number of hydrogen-bond donors (Lipinski definition) is 0. The SMILES string of the molecule is [B]c1cc(N2c3ccccc3C3C=CC=CC32)ccn1. The number of allylic oxidation sites excluding steroid dienone is 2. The molecule has 2 heterocycles. The predicted octanol–water partition coefficient (Wildman–Crippen LogP) is 2.61. The van der Waals surface area contributed by atoms with Crippen molar-refractivity contribution in [3.05, 3.63) is 72.5 Å². The first kappa shape index (κ1) is 11.5. The molecular formula is C17H13BN2. The van der Waals surface area contributed by atoms with E-state index in [-0.39, 0.29) is 0 Å². The minimum Gasteiger partial charge on any atom is -0.333 e. The molecule has 2 aliphatic rings. The van der Waals surface area contributed by atoms with E-state index < -0.39 is 0 Å². The Morgan fingerprint density at radius 3 is 2.80 bits per heavy atom. The second-order valence-electron chi connectivity index (χ2n) is 5.15. The summed E-state index contributed by atoms with van der Waals surface area (Å²) in [6, 6.07) is 12.8. The van der Waals surface area contributed by atoms with Gasteiger partial charge < -0.3 is 4.90 Å². The summed E-state index contributed by atoms with van der Waals surface area (Å²) in [5, 5.41) is 0. The second kappa shape index (κ2) is 4.38. The molecule has 4 rings (SSSR count). The van der Waals surface area contributed by atoms with Crippen molar-refractivity contribution in [1.82, 2.24) is 4.98 Å².